The van der Waals surface area contributed by atoms with Crippen molar-refractivity contribution >= 4 is 13.3 Å². The smallest absolute Gasteiger partial charge is 0.0657 e. The molecule has 24 heavy (non-hydrogen) atoms. The molecule has 0 aromatic heterocycles. The highest BCUT2D eigenvalue weighted by Gasteiger charge is 2.43. The molecule has 1 atom stereocenters. The minimum atomic E-state index is -1.67. The van der Waals surface area contributed by atoms with Gasteiger partial charge in [-0.25, -0.2) is 0 Å². The second kappa shape index (κ2) is 7.43. The van der Waals surface area contributed by atoms with Crippen LogP contribution in [0.3, 0.4) is 0 Å². The van der Waals surface area contributed by atoms with E-state index in [1.807, 2.05) is 5.20 Å². The summed E-state index contributed by atoms with van der Waals surface area (Å²) in [4.78, 5) is 0. The van der Waals surface area contributed by atoms with Crippen LogP contribution in [-0.2, 0) is 0 Å². The number of rotatable bonds is 6. The van der Waals surface area contributed by atoms with Crippen molar-refractivity contribution in [2.24, 2.45) is 5.92 Å². The molecule has 0 amide bonds. The molecule has 0 saturated carbocycles. The molecule has 1 aliphatic carbocycles. The molecular formula is C23H36Si. The van der Waals surface area contributed by atoms with Crippen LogP contribution in [0.15, 0.2) is 40.1 Å². The first-order chi connectivity index (χ1) is 11.3. The van der Waals surface area contributed by atoms with Gasteiger partial charge in [0.2, 0.25) is 0 Å². The summed E-state index contributed by atoms with van der Waals surface area (Å²) < 4.78 is 0. The lowest BCUT2D eigenvalue weighted by Gasteiger charge is -2.38. The number of hydrogen-bond donors (Lipinski definition) is 0. The molecule has 0 spiro atoms. The first kappa shape index (κ1) is 19.2. The predicted octanol–water partition coefficient (Wildman–Crippen LogP) is 6.62. The van der Waals surface area contributed by atoms with Gasteiger partial charge in [-0.2, -0.15) is 0 Å². The highest BCUT2D eigenvalue weighted by Crippen LogP contribution is 2.44. The van der Waals surface area contributed by atoms with Gasteiger partial charge in [0, 0.05) is 0 Å². The van der Waals surface area contributed by atoms with E-state index >= 15 is 0 Å². The monoisotopic (exact) mass is 340 g/mol. The molecule has 1 heteroatoms. The van der Waals surface area contributed by atoms with Crippen molar-refractivity contribution in [3.8, 4) is 0 Å². The van der Waals surface area contributed by atoms with E-state index in [2.05, 4.69) is 73.6 Å². The Morgan fingerprint density at radius 3 is 1.67 bits per heavy atom. The lowest BCUT2D eigenvalue weighted by atomic mass is 10.1. The van der Waals surface area contributed by atoms with Gasteiger partial charge in [0.1, 0.15) is 8.07 Å². The van der Waals surface area contributed by atoms with Crippen molar-refractivity contribution in [3.05, 3.63) is 51.2 Å². The van der Waals surface area contributed by atoms with E-state index in [1.165, 1.54) is 36.1 Å². The predicted molar refractivity (Wildman–Crippen MR) is 112 cm³/mol. The molecule has 0 aliphatic heterocycles. The van der Waals surface area contributed by atoms with Crippen molar-refractivity contribution in [3.63, 3.8) is 0 Å². The molecule has 1 aliphatic rings. The number of hydrogen-bond acceptors (Lipinski definition) is 0. The topological polar surface area (TPSA) is 0 Å². The van der Waals surface area contributed by atoms with Crippen molar-refractivity contribution in [2.45, 2.75) is 80.3 Å². The zero-order chi connectivity index (χ0) is 18.1. The molecule has 1 unspecified atom stereocenters. The molecule has 0 nitrogen and oxygen atoms in total. The summed E-state index contributed by atoms with van der Waals surface area (Å²) in [6, 6.07) is 10.1. The van der Waals surface area contributed by atoms with E-state index < -0.39 is 8.07 Å². The van der Waals surface area contributed by atoms with Crippen molar-refractivity contribution in [1.29, 1.82) is 0 Å². The second-order valence-corrected chi connectivity index (χ2v) is 12.3. The van der Waals surface area contributed by atoms with Crippen LogP contribution >= 0.6 is 0 Å². The van der Waals surface area contributed by atoms with Crippen LogP contribution in [0.1, 0.15) is 65.5 Å². The Kier molecular flexibility index (Phi) is 5.96. The summed E-state index contributed by atoms with van der Waals surface area (Å²) in [5.74, 6) is 0.635. The summed E-state index contributed by atoms with van der Waals surface area (Å²) in [5.41, 5.74) is 7.65. The lowest BCUT2D eigenvalue weighted by Crippen LogP contribution is -2.51. The van der Waals surface area contributed by atoms with E-state index in [0.717, 1.165) is 0 Å². The highest BCUT2D eigenvalue weighted by atomic mass is 28.3. The summed E-state index contributed by atoms with van der Waals surface area (Å²) in [7, 11) is -1.67. The Labute approximate surface area is 151 Å². The van der Waals surface area contributed by atoms with Gasteiger partial charge in [0.25, 0.3) is 0 Å². The molecule has 0 radical (unpaired) electrons. The number of aryl methyl sites for hydroxylation is 2. The summed E-state index contributed by atoms with van der Waals surface area (Å²) in [5, 5.41) is 3.53. The molecule has 0 saturated heterocycles. The average Bonchev–Trinajstić information content (AvgIpc) is 2.70. The minimum Gasteiger partial charge on any atom is -0.0657 e. The van der Waals surface area contributed by atoms with Gasteiger partial charge in [0.15, 0.2) is 0 Å². The van der Waals surface area contributed by atoms with Gasteiger partial charge in [-0.3, -0.25) is 0 Å². The van der Waals surface area contributed by atoms with Crippen LogP contribution in [0.2, 0.25) is 12.1 Å². The van der Waals surface area contributed by atoms with E-state index in [4.69, 9.17) is 0 Å². The molecule has 0 heterocycles. The standard InChI is InChI=1S/C23H36Si/c1-9-11-24(12-10-2,22-14-16(3)13-17(4)15-22)23-20(7)18(5)19(6)21(23)8/h13-15,20H,9-12H2,1-8H3. The second-order valence-electron chi connectivity index (χ2n) is 8.03. The fraction of sp³-hybridized carbons (Fsp3) is 0.565. The maximum Gasteiger partial charge on any atom is 0.114 e. The normalized spacial score (nSPS) is 18.8. The Hall–Kier alpha value is -1.08. The maximum absolute atomic E-state index is 2.51. The molecule has 0 fully saturated rings. The van der Waals surface area contributed by atoms with E-state index in [0.29, 0.717) is 5.92 Å². The molecule has 1 aromatic rings. The fourth-order valence-corrected chi connectivity index (χ4v) is 11.4. The Balaban J connectivity index is 2.73. The number of benzene rings is 1. The van der Waals surface area contributed by atoms with Crippen LogP contribution in [0.5, 0.6) is 0 Å². The van der Waals surface area contributed by atoms with Crippen LogP contribution in [-0.4, -0.2) is 8.07 Å². The van der Waals surface area contributed by atoms with Gasteiger partial charge in [-0.15, -0.1) is 0 Å². The first-order valence-electron chi connectivity index (χ1n) is 9.76. The summed E-state index contributed by atoms with van der Waals surface area (Å²) in [6.45, 7) is 18.8. The van der Waals surface area contributed by atoms with Crippen LogP contribution in [0, 0.1) is 19.8 Å². The SMILES string of the molecule is CCC[Si](CCC)(C1=C(C)C(C)=C(C)C1C)c1cc(C)cc(C)c1. The largest absolute Gasteiger partial charge is 0.114 e. The molecule has 0 N–H and O–H groups in total. The van der Waals surface area contributed by atoms with Gasteiger partial charge >= 0.3 is 0 Å². The van der Waals surface area contributed by atoms with Crippen LogP contribution in [0.4, 0.5) is 0 Å². The van der Waals surface area contributed by atoms with Crippen molar-refractivity contribution in [1.82, 2.24) is 0 Å². The third-order valence-corrected chi connectivity index (χ3v) is 12.2. The third kappa shape index (κ3) is 3.20. The molecule has 2 rings (SSSR count). The molecule has 1 aromatic carbocycles. The summed E-state index contributed by atoms with van der Waals surface area (Å²) >= 11 is 0. The van der Waals surface area contributed by atoms with Gasteiger partial charge < -0.3 is 0 Å². The van der Waals surface area contributed by atoms with Gasteiger partial charge in [-0.1, -0.05) is 84.5 Å². The number of allylic oxidation sites excluding steroid dienone is 4. The maximum atomic E-state index is 2.51. The summed E-state index contributed by atoms with van der Waals surface area (Å²) in [6.07, 6.45) is 2.58. The van der Waals surface area contributed by atoms with E-state index in [9.17, 15) is 0 Å². The Morgan fingerprint density at radius 2 is 1.29 bits per heavy atom. The highest BCUT2D eigenvalue weighted by molar-refractivity contribution is 6.98. The Morgan fingerprint density at radius 1 is 0.792 bits per heavy atom. The fourth-order valence-electron chi connectivity index (χ4n) is 5.08. The Bertz CT molecular complexity index is 649. The zero-order valence-electron chi connectivity index (χ0n) is 17.1. The van der Waals surface area contributed by atoms with Crippen molar-refractivity contribution < 1.29 is 0 Å². The molecular weight excluding hydrogens is 304 g/mol. The van der Waals surface area contributed by atoms with Crippen molar-refractivity contribution in [2.75, 3.05) is 0 Å². The van der Waals surface area contributed by atoms with E-state index in [1.54, 1.807) is 21.9 Å². The van der Waals surface area contributed by atoms with Gasteiger partial charge in [-0.05, 0) is 58.2 Å². The zero-order valence-corrected chi connectivity index (χ0v) is 18.1. The molecule has 0 bridgehead atoms. The third-order valence-electron chi connectivity index (χ3n) is 6.28. The first-order valence-corrected chi connectivity index (χ1v) is 12.2. The average molecular weight is 341 g/mol. The van der Waals surface area contributed by atoms with Crippen LogP contribution < -0.4 is 5.19 Å². The molecule has 132 valence electrons. The quantitative estimate of drug-likeness (QED) is 0.510. The minimum absolute atomic E-state index is 0.635. The lowest BCUT2D eigenvalue weighted by molar-refractivity contribution is 0.835. The van der Waals surface area contributed by atoms with E-state index in [-0.39, 0.29) is 0 Å². The van der Waals surface area contributed by atoms with Gasteiger partial charge in [0.05, 0.1) is 0 Å². The van der Waals surface area contributed by atoms with Crippen LogP contribution in [0.25, 0.3) is 0 Å².